The molecule has 17 heavy (non-hydrogen) atoms. The number of likely N-dealkylation sites (tertiary alicyclic amines) is 1. The minimum absolute atomic E-state index is 0.503. The van der Waals surface area contributed by atoms with Crippen molar-refractivity contribution in [2.75, 3.05) is 20.1 Å². The topological polar surface area (TPSA) is 15.3 Å². The van der Waals surface area contributed by atoms with Crippen molar-refractivity contribution < 1.29 is 0 Å². The summed E-state index contributed by atoms with van der Waals surface area (Å²) in [6.45, 7) is 8.72. The molecule has 2 fully saturated rings. The lowest BCUT2D eigenvalue weighted by Gasteiger charge is -2.39. The smallest absolute Gasteiger partial charge is 0.0292 e. The first kappa shape index (κ1) is 13.1. The van der Waals surface area contributed by atoms with Crippen molar-refractivity contribution in [1.82, 2.24) is 10.2 Å². The zero-order valence-corrected chi connectivity index (χ0v) is 11.5. The van der Waals surface area contributed by atoms with E-state index in [4.69, 9.17) is 0 Å². The molecular weight excluding hydrogens is 208 g/mol. The molecule has 0 aromatic carbocycles. The van der Waals surface area contributed by atoms with Crippen molar-refractivity contribution in [1.29, 1.82) is 0 Å². The van der Waals surface area contributed by atoms with Crippen LogP contribution in [0.15, 0.2) is 12.7 Å². The van der Waals surface area contributed by atoms with E-state index < -0.39 is 0 Å². The second kappa shape index (κ2) is 5.53. The number of hydrogen-bond donors (Lipinski definition) is 1. The van der Waals surface area contributed by atoms with Gasteiger partial charge in [-0.1, -0.05) is 19.4 Å². The molecule has 2 nitrogen and oxygen atoms in total. The van der Waals surface area contributed by atoms with Gasteiger partial charge in [0, 0.05) is 24.0 Å². The molecule has 2 heterocycles. The number of nitrogens with zero attached hydrogens (tertiary/aromatic N) is 1. The molecule has 98 valence electrons. The summed E-state index contributed by atoms with van der Waals surface area (Å²) < 4.78 is 0. The quantitative estimate of drug-likeness (QED) is 0.738. The lowest BCUT2D eigenvalue weighted by molar-refractivity contribution is 0.178. The van der Waals surface area contributed by atoms with Gasteiger partial charge in [-0.2, -0.15) is 0 Å². The summed E-state index contributed by atoms with van der Waals surface area (Å²) in [5, 5.41) is 3.82. The molecule has 0 aromatic heterocycles. The Bertz CT molecular complexity index is 264. The van der Waals surface area contributed by atoms with E-state index in [1.165, 1.54) is 51.6 Å². The van der Waals surface area contributed by atoms with Crippen molar-refractivity contribution in [3.63, 3.8) is 0 Å². The van der Waals surface area contributed by atoms with Crippen LogP contribution in [0.3, 0.4) is 0 Å². The largest absolute Gasteiger partial charge is 0.312 e. The second-order valence-corrected chi connectivity index (χ2v) is 6.00. The van der Waals surface area contributed by atoms with Gasteiger partial charge in [0.1, 0.15) is 0 Å². The minimum atomic E-state index is 0.503. The Morgan fingerprint density at radius 3 is 3.00 bits per heavy atom. The van der Waals surface area contributed by atoms with Crippen LogP contribution in [0.1, 0.15) is 45.4 Å². The maximum absolute atomic E-state index is 3.90. The molecule has 1 N–H and O–H groups in total. The van der Waals surface area contributed by atoms with Crippen LogP contribution < -0.4 is 5.32 Å². The summed E-state index contributed by atoms with van der Waals surface area (Å²) >= 11 is 0. The molecule has 0 spiro atoms. The SMILES string of the molecule is C=CCCC1(CCC)CN(C)C2CCCNC21. The average Bonchev–Trinajstić information content (AvgIpc) is 2.62. The van der Waals surface area contributed by atoms with Gasteiger partial charge in [0.2, 0.25) is 0 Å². The van der Waals surface area contributed by atoms with Gasteiger partial charge in [0.05, 0.1) is 0 Å². The van der Waals surface area contributed by atoms with Gasteiger partial charge in [-0.25, -0.2) is 0 Å². The molecule has 2 heteroatoms. The monoisotopic (exact) mass is 236 g/mol. The van der Waals surface area contributed by atoms with Gasteiger partial charge in [0.15, 0.2) is 0 Å². The van der Waals surface area contributed by atoms with Crippen LogP contribution in [-0.4, -0.2) is 37.1 Å². The van der Waals surface area contributed by atoms with E-state index in [-0.39, 0.29) is 0 Å². The summed E-state index contributed by atoms with van der Waals surface area (Å²) in [4.78, 5) is 2.61. The fraction of sp³-hybridized carbons (Fsp3) is 0.867. The van der Waals surface area contributed by atoms with E-state index >= 15 is 0 Å². The van der Waals surface area contributed by atoms with Crippen LogP contribution >= 0.6 is 0 Å². The van der Waals surface area contributed by atoms with Crippen molar-refractivity contribution in [2.24, 2.45) is 5.41 Å². The van der Waals surface area contributed by atoms with Crippen molar-refractivity contribution in [3.05, 3.63) is 12.7 Å². The molecule has 2 aliphatic heterocycles. The highest BCUT2D eigenvalue weighted by Crippen LogP contribution is 2.44. The van der Waals surface area contributed by atoms with E-state index in [9.17, 15) is 0 Å². The van der Waals surface area contributed by atoms with Crippen LogP contribution in [0.5, 0.6) is 0 Å². The van der Waals surface area contributed by atoms with Crippen LogP contribution in [0, 0.1) is 5.41 Å². The van der Waals surface area contributed by atoms with Crippen LogP contribution in [0.4, 0.5) is 0 Å². The number of rotatable bonds is 5. The highest BCUT2D eigenvalue weighted by Gasteiger charge is 2.50. The standard InChI is InChI=1S/C15H28N2/c1-4-6-10-15(9-5-2)12-17(3)13-8-7-11-16-14(13)15/h4,13-14,16H,1,5-12H2,2-3H3. The number of nitrogens with one attached hydrogen (secondary N) is 1. The lowest BCUT2D eigenvalue weighted by Crippen LogP contribution is -2.52. The Morgan fingerprint density at radius 2 is 2.29 bits per heavy atom. The van der Waals surface area contributed by atoms with Gasteiger partial charge in [-0.05, 0) is 45.7 Å². The molecule has 0 saturated carbocycles. The van der Waals surface area contributed by atoms with Gasteiger partial charge in [-0.3, -0.25) is 0 Å². The van der Waals surface area contributed by atoms with Crippen LogP contribution in [-0.2, 0) is 0 Å². The van der Waals surface area contributed by atoms with E-state index in [1.54, 1.807) is 0 Å². The molecule has 0 aromatic rings. The Kier molecular flexibility index (Phi) is 4.26. The highest BCUT2D eigenvalue weighted by atomic mass is 15.2. The number of likely N-dealkylation sites (N-methyl/N-ethyl adjacent to an activating group) is 1. The molecule has 0 bridgehead atoms. The van der Waals surface area contributed by atoms with E-state index in [0.29, 0.717) is 5.41 Å². The summed E-state index contributed by atoms with van der Waals surface area (Å²) in [5.41, 5.74) is 0.503. The first-order valence-electron chi connectivity index (χ1n) is 7.28. The van der Waals surface area contributed by atoms with E-state index in [1.807, 2.05) is 0 Å². The Balaban J connectivity index is 2.15. The molecule has 2 aliphatic rings. The number of hydrogen-bond acceptors (Lipinski definition) is 2. The van der Waals surface area contributed by atoms with Crippen LogP contribution in [0.25, 0.3) is 0 Å². The molecule has 0 amide bonds. The molecule has 0 radical (unpaired) electrons. The summed E-state index contributed by atoms with van der Waals surface area (Å²) in [7, 11) is 2.32. The summed E-state index contributed by atoms with van der Waals surface area (Å²) in [6.07, 6.45) is 9.95. The zero-order valence-electron chi connectivity index (χ0n) is 11.5. The lowest BCUT2D eigenvalue weighted by atomic mass is 9.72. The first-order valence-corrected chi connectivity index (χ1v) is 7.28. The molecule has 2 saturated heterocycles. The Hall–Kier alpha value is -0.340. The molecule has 3 unspecified atom stereocenters. The normalized spacial score (nSPS) is 38.0. The highest BCUT2D eigenvalue weighted by molar-refractivity contribution is 5.07. The van der Waals surface area contributed by atoms with E-state index in [2.05, 4.69) is 36.8 Å². The molecule has 0 aliphatic carbocycles. The van der Waals surface area contributed by atoms with Crippen molar-refractivity contribution >= 4 is 0 Å². The van der Waals surface area contributed by atoms with Gasteiger partial charge >= 0.3 is 0 Å². The third-order valence-electron chi connectivity index (χ3n) is 4.81. The predicted molar refractivity (Wildman–Crippen MR) is 74.2 cm³/mol. The fourth-order valence-corrected chi connectivity index (χ4v) is 4.16. The zero-order chi connectivity index (χ0) is 12.3. The number of allylic oxidation sites excluding steroid dienone is 1. The summed E-state index contributed by atoms with van der Waals surface area (Å²) in [5.74, 6) is 0. The van der Waals surface area contributed by atoms with Gasteiger partial charge in [-0.15, -0.1) is 6.58 Å². The van der Waals surface area contributed by atoms with Crippen LogP contribution in [0.2, 0.25) is 0 Å². The van der Waals surface area contributed by atoms with E-state index in [0.717, 1.165) is 12.1 Å². The third kappa shape index (κ3) is 2.43. The molecular formula is C15H28N2. The van der Waals surface area contributed by atoms with Gasteiger partial charge < -0.3 is 10.2 Å². The van der Waals surface area contributed by atoms with Crippen molar-refractivity contribution in [2.45, 2.75) is 57.5 Å². The Morgan fingerprint density at radius 1 is 1.47 bits per heavy atom. The molecule has 2 rings (SSSR count). The first-order chi connectivity index (χ1) is 8.23. The third-order valence-corrected chi connectivity index (χ3v) is 4.81. The number of piperidine rings is 1. The maximum Gasteiger partial charge on any atom is 0.0292 e. The van der Waals surface area contributed by atoms with Gasteiger partial charge in [0.25, 0.3) is 0 Å². The average molecular weight is 236 g/mol. The predicted octanol–water partition coefficient (Wildman–Crippen LogP) is 2.81. The van der Waals surface area contributed by atoms with Crippen molar-refractivity contribution in [3.8, 4) is 0 Å². The Labute approximate surface area is 106 Å². The minimum Gasteiger partial charge on any atom is -0.312 e. The summed E-state index contributed by atoms with van der Waals surface area (Å²) in [6, 6.07) is 1.50. The number of fused-ring (bicyclic) bond motifs is 1. The maximum atomic E-state index is 3.90. The molecule has 3 atom stereocenters. The second-order valence-electron chi connectivity index (χ2n) is 6.00. The fourth-order valence-electron chi connectivity index (χ4n) is 4.16.